The predicted octanol–water partition coefficient (Wildman–Crippen LogP) is 2.26. The summed E-state index contributed by atoms with van der Waals surface area (Å²) in [6.45, 7) is 4.52. The molecule has 0 aliphatic carbocycles. The third-order valence-corrected chi connectivity index (χ3v) is 5.47. The van der Waals surface area contributed by atoms with Crippen LogP contribution in [-0.4, -0.2) is 39.1 Å². The summed E-state index contributed by atoms with van der Waals surface area (Å²) in [6, 6.07) is 6.83. The second kappa shape index (κ2) is 5.70. The second-order valence-electron chi connectivity index (χ2n) is 7.10. The fourth-order valence-corrected chi connectivity index (χ4v) is 4.02. The van der Waals surface area contributed by atoms with E-state index in [-0.39, 0.29) is 5.92 Å². The van der Waals surface area contributed by atoms with Gasteiger partial charge in [-0.15, -0.1) is 0 Å². The largest absolute Gasteiger partial charge is 0.363 e. The van der Waals surface area contributed by atoms with Crippen LogP contribution in [0.1, 0.15) is 18.2 Å². The molecule has 0 radical (unpaired) electrons. The Morgan fingerprint density at radius 3 is 2.96 bits per heavy atom. The molecular formula is C19H19N7. The number of anilines is 2. The third-order valence-electron chi connectivity index (χ3n) is 5.47. The maximum Gasteiger partial charge on any atom is 0.139 e. The van der Waals surface area contributed by atoms with Gasteiger partial charge < -0.3 is 14.8 Å². The van der Waals surface area contributed by atoms with Gasteiger partial charge in [-0.05, 0) is 19.1 Å². The fourth-order valence-electron chi connectivity index (χ4n) is 4.02. The van der Waals surface area contributed by atoms with Crippen molar-refractivity contribution in [3.05, 3.63) is 42.1 Å². The lowest BCUT2D eigenvalue weighted by atomic mass is 9.96. The smallest absolute Gasteiger partial charge is 0.139 e. The molecule has 0 bridgehead atoms. The molecule has 1 saturated heterocycles. The van der Waals surface area contributed by atoms with Crippen molar-refractivity contribution in [3.8, 4) is 6.07 Å². The monoisotopic (exact) mass is 345 g/mol. The van der Waals surface area contributed by atoms with Gasteiger partial charge in [0.05, 0.1) is 17.7 Å². The van der Waals surface area contributed by atoms with E-state index in [1.165, 1.54) is 11.3 Å². The molecule has 7 nitrogen and oxygen atoms in total. The van der Waals surface area contributed by atoms with Crippen LogP contribution in [-0.2, 0) is 13.0 Å². The summed E-state index contributed by atoms with van der Waals surface area (Å²) in [5.74, 6) is 1.09. The number of nitrogens with one attached hydrogen (secondary N) is 1. The number of fused-ring (bicyclic) bond motifs is 2. The van der Waals surface area contributed by atoms with E-state index in [4.69, 9.17) is 5.26 Å². The number of aromatic amines is 1. The first-order valence-electron chi connectivity index (χ1n) is 8.90. The zero-order valence-corrected chi connectivity index (χ0v) is 14.6. The van der Waals surface area contributed by atoms with E-state index in [1.54, 1.807) is 6.33 Å². The summed E-state index contributed by atoms with van der Waals surface area (Å²) in [4.78, 5) is 21.3. The molecule has 0 saturated carbocycles. The molecule has 3 aromatic heterocycles. The number of pyridine rings is 1. The second-order valence-corrected chi connectivity index (χ2v) is 7.10. The number of aromatic nitrogens is 4. The van der Waals surface area contributed by atoms with Crippen molar-refractivity contribution < 1.29 is 0 Å². The molecule has 0 spiro atoms. The molecule has 1 fully saturated rings. The molecular weight excluding hydrogens is 326 g/mol. The molecule has 0 unspecified atom stereocenters. The van der Waals surface area contributed by atoms with E-state index in [1.807, 2.05) is 12.4 Å². The Morgan fingerprint density at radius 2 is 2.12 bits per heavy atom. The number of nitrogens with zero attached hydrogens (tertiary/aromatic N) is 6. The SMILES string of the molecule is C[C@@H]1Cc2ncnc(N3CC(C#N)C3)c2CN1c1ccnc2[nH]ccc12. The number of hydrogen-bond acceptors (Lipinski definition) is 6. The van der Waals surface area contributed by atoms with Crippen LogP contribution < -0.4 is 9.80 Å². The topological polar surface area (TPSA) is 84.7 Å². The Bertz CT molecular complexity index is 1010. The molecule has 1 atom stereocenters. The Balaban J connectivity index is 1.54. The minimum absolute atomic E-state index is 0.110. The molecule has 1 N–H and O–H groups in total. The van der Waals surface area contributed by atoms with Gasteiger partial charge in [0.15, 0.2) is 0 Å². The minimum Gasteiger partial charge on any atom is -0.363 e. The predicted molar refractivity (Wildman–Crippen MR) is 98.8 cm³/mol. The Labute approximate surface area is 151 Å². The maximum atomic E-state index is 9.07. The van der Waals surface area contributed by atoms with Crippen LogP contribution in [0.3, 0.4) is 0 Å². The van der Waals surface area contributed by atoms with Gasteiger partial charge in [0.25, 0.3) is 0 Å². The molecule has 3 aromatic rings. The van der Waals surface area contributed by atoms with Crippen molar-refractivity contribution in [2.24, 2.45) is 5.92 Å². The normalized spacial score (nSPS) is 19.9. The first-order chi connectivity index (χ1) is 12.7. The van der Waals surface area contributed by atoms with E-state index in [0.717, 1.165) is 48.6 Å². The Kier molecular flexibility index (Phi) is 3.32. The van der Waals surface area contributed by atoms with E-state index in [0.29, 0.717) is 6.04 Å². The van der Waals surface area contributed by atoms with Gasteiger partial charge in [-0.3, -0.25) is 0 Å². The van der Waals surface area contributed by atoms with Crippen LogP contribution in [0.5, 0.6) is 0 Å². The molecule has 130 valence electrons. The number of hydrogen-bond donors (Lipinski definition) is 1. The van der Waals surface area contributed by atoms with Gasteiger partial charge in [0.2, 0.25) is 0 Å². The van der Waals surface area contributed by atoms with Crippen molar-refractivity contribution in [1.29, 1.82) is 5.26 Å². The van der Waals surface area contributed by atoms with Gasteiger partial charge in [-0.25, -0.2) is 15.0 Å². The lowest BCUT2D eigenvalue weighted by Gasteiger charge is -2.41. The van der Waals surface area contributed by atoms with Crippen LogP contribution in [0.2, 0.25) is 0 Å². The number of rotatable bonds is 2. The van der Waals surface area contributed by atoms with Crippen LogP contribution in [0.4, 0.5) is 11.5 Å². The molecule has 2 aliphatic rings. The summed E-state index contributed by atoms with van der Waals surface area (Å²) in [5, 5.41) is 10.2. The van der Waals surface area contributed by atoms with E-state index >= 15 is 0 Å². The quantitative estimate of drug-likeness (QED) is 0.767. The Hall–Kier alpha value is -3.14. The van der Waals surface area contributed by atoms with Gasteiger partial charge >= 0.3 is 0 Å². The van der Waals surface area contributed by atoms with Crippen molar-refractivity contribution in [3.63, 3.8) is 0 Å². The molecule has 26 heavy (non-hydrogen) atoms. The minimum atomic E-state index is 0.110. The highest BCUT2D eigenvalue weighted by Gasteiger charge is 2.33. The first kappa shape index (κ1) is 15.1. The van der Waals surface area contributed by atoms with Crippen molar-refractivity contribution >= 4 is 22.5 Å². The van der Waals surface area contributed by atoms with Gasteiger partial charge in [-0.1, -0.05) is 0 Å². The van der Waals surface area contributed by atoms with Crippen LogP contribution in [0, 0.1) is 17.2 Å². The van der Waals surface area contributed by atoms with Crippen LogP contribution in [0.15, 0.2) is 30.9 Å². The summed E-state index contributed by atoms with van der Waals surface area (Å²) < 4.78 is 0. The summed E-state index contributed by atoms with van der Waals surface area (Å²) in [7, 11) is 0. The number of nitriles is 1. The third kappa shape index (κ3) is 2.22. The molecule has 7 heteroatoms. The summed E-state index contributed by atoms with van der Waals surface area (Å²) in [5.41, 5.74) is 4.40. The van der Waals surface area contributed by atoms with E-state index in [9.17, 15) is 0 Å². The summed E-state index contributed by atoms with van der Waals surface area (Å²) >= 11 is 0. The maximum absolute atomic E-state index is 9.07. The first-order valence-corrected chi connectivity index (χ1v) is 8.90. The number of H-pyrrole nitrogens is 1. The van der Waals surface area contributed by atoms with E-state index < -0.39 is 0 Å². The average Bonchev–Trinajstić information content (AvgIpc) is 3.09. The van der Waals surface area contributed by atoms with Crippen molar-refractivity contribution in [2.45, 2.75) is 25.9 Å². The highest BCUT2D eigenvalue weighted by molar-refractivity contribution is 5.90. The average molecular weight is 345 g/mol. The lowest BCUT2D eigenvalue weighted by Crippen LogP contribution is -2.48. The molecule has 2 aliphatic heterocycles. The lowest BCUT2D eigenvalue weighted by molar-refractivity contribution is 0.492. The molecule has 5 heterocycles. The van der Waals surface area contributed by atoms with Gasteiger partial charge in [0, 0.05) is 61.1 Å². The van der Waals surface area contributed by atoms with Crippen molar-refractivity contribution in [2.75, 3.05) is 22.9 Å². The van der Waals surface area contributed by atoms with Gasteiger partial charge in [0.1, 0.15) is 17.8 Å². The van der Waals surface area contributed by atoms with Crippen LogP contribution in [0.25, 0.3) is 11.0 Å². The molecule has 0 aromatic carbocycles. The highest BCUT2D eigenvalue weighted by Crippen LogP contribution is 2.36. The zero-order valence-electron chi connectivity index (χ0n) is 14.6. The highest BCUT2D eigenvalue weighted by atomic mass is 15.3. The standard InChI is InChI=1S/C19H19N7/c1-12-6-16-15(19(24-11-23-16)25-8-13(7-20)9-25)10-26(12)17-3-5-22-18-14(17)2-4-21-18/h2-5,11-13H,6,8-10H2,1H3,(H,21,22)/t12-/m1/s1. The van der Waals surface area contributed by atoms with Gasteiger partial charge in [-0.2, -0.15) is 5.26 Å². The fraction of sp³-hybridized carbons (Fsp3) is 0.368. The van der Waals surface area contributed by atoms with Crippen molar-refractivity contribution in [1.82, 2.24) is 19.9 Å². The summed E-state index contributed by atoms with van der Waals surface area (Å²) in [6.07, 6.45) is 6.33. The van der Waals surface area contributed by atoms with Crippen LogP contribution >= 0.6 is 0 Å². The Morgan fingerprint density at radius 1 is 1.23 bits per heavy atom. The molecule has 0 amide bonds. The molecule has 5 rings (SSSR count). The zero-order chi connectivity index (χ0) is 17.7. The van der Waals surface area contributed by atoms with E-state index in [2.05, 4.69) is 54.9 Å².